The largest absolute Gasteiger partial charge is 0.493 e. The lowest BCUT2D eigenvalue weighted by Gasteiger charge is -2.03. The van der Waals surface area contributed by atoms with Gasteiger partial charge < -0.3 is 9.15 Å². The topological polar surface area (TPSA) is 39.4 Å². The Bertz CT molecular complexity index is 597. The molecule has 0 aliphatic carbocycles. The molecule has 0 spiro atoms. The fourth-order valence-corrected chi connectivity index (χ4v) is 1.69. The minimum absolute atomic E-state index is 0.380. The first-order valence-electron chi connectivity index (χ1n) is 6.20. The number of benzene rings is 1. The molecule has 19 heavy (non-hydrogen) atoms. The molecule has 0 aliphatic rings. The molecule has 98 valence electrons. The molecule has 2 aromatic rings. The van der Waals surface area contributed by atoms with Crippen LogP contribution >= 0.6 is 0 Å². The summed E-state index contributed by atoms with van der Waals surface area (Å²) >= 11 is 0. The summed E-state index contributed by atoms with van der Waals surface area (Å²) in [5, 5.41) is 0. The third-order valence-corrected chi connectivity index (χ3v) is 2.53. The van der Waals surface area contributed by atoms with E-state index in [9.17, 15) is 4.79 Å². The van der Waals surface area contributed by atoms with E-state index < -0.39 is 0 Å². The molecule has 3 heteroatoms. The molecule has 0 saturated heterocycles. The van der Waals surface area contributed by atoms with E-state index in [1.54, 1.807) is 13.0 Å². The van der Waals surface area contributed by atoms with Gasteiger partial charge in [-0.3, -0.25) is 0 Å². The maximum Gasteiger partial charge on any atom is 0.339 e. The maximum atomic E-state index is 11.1. The van der Waals surface area contributed by atoms with Crippen LogP contribution in [-0.2, 0) is 0 Å². The highest BCUT2D eigenvalue weighted by molar-refractivity contribution is 5.48. The van der Waals surface area contributed by atoms with E-state index in [1.165, 1.54) is 11.6 Å². The summed E-state index contributed by atoms with van der Waals surface area (Å²) in [6.07, 6.45) is 4.88. The summed E-state index contributed by atoms with van der Waals surface area (Å²) in [7, 11) is 0. The first kappa shape index (κ1) is 13.1. The van der Waals surface area contributed by atoms with Crippen molar-refractivity contribution in [3.05, 3.63) is 70.3 Å². The molecule has 1 aromatic carbocycles. The Morgan fingerprint density at radius 3 is 2.74 bits per heavy atom. The smallest absolute Gasteiger partial charge is 0.339 e. The van der Waals surface area contributed by atoms with Crippen LogP contribution in [0, 0.1) is 6.92 Å². The molecule has 0 N–H and O–H groups in total. The Labute approximate surface area is 112 Å². The van der Waals surface area contributed by atoms with Crippen molar-refractivity contribution in [1.82, 2.24) is 0 Å². The number of rotatable bonds is 5. The maximum absolute atomic E-state index is 11.1. The van der Waals surface area contributed by atoms with E-state index in [4.69, 9.17) is 9.15 Å². The summed E-state index contributed by atoms with van der Waals surface area (Å²) in [4.78, 5) is 11.1. The van der Waals surface area contributed by atoms with Crippen molar-refractivity contribution in [2.24, 2.45) is 0 Å². The van der Waals surface area contributed by atoms with Crippen molar-refractivity contribution in [1.29, 1.82) is 0 Å². The first-order chi connectivity index (χ1) is 9.24. The van der Waals surface area contributed by atoms with Crippen LogP contribution in [0.4, 0.5) is 0 Å². The minimum Gasteiger partial charge on any atom is -0.493 e. The van der Waals surface area contributed by atoms with Gasteiger partial charge in [0.05, 0.1) is 12.7 Å². The van der Waals surface area contributed by atoms with Crippen molar-refractivity contribution in [2.45, 2.75) is 13.3 Å². The van der Waals surface area contributed by atoms with Crippen LogP contribution < -0.4 is 10.4 Å². The van der Waals surface area contributed by atoms with E-state index in [2.05, 4.69) is 0 Å². The molecular weight excluding hydrogens is 240 g/mol. The van der Waals surface area contributed by atoms with Crippen LogP contribution in [0.2, 0.25) is 0 Å². The molecule has 0 radical (unpaired) electrons. The van der Waals surface area contributed by atoms with E-state index in [1.807, 2.05) is 42.5 Å². The van der Waals surface area contributed by atoms with Crippen molar-refractivity contribution in [3.8, 4) is 5.75 Å². The molecule has 1 heterocycles. The summed E-state index contributed by atoms with van der Waals surface area (Å²) in [5.74, 6) is 1.11. The highest BCUT2D eigenvalue weighted by Crippen LogP contribution is 2.10. The van der Waals surface area contributed by atoms with Gasteiger partial charge in [-0.1, -0.05) is 42.5 Å². The van der Waals surface area contributed by atoms with Gasteiger partial charge in [-0.25, -0.2) is 4.79 Å². The van der Waals surface area contributed by atoms with Gasteiger partial charge in [0.15, 0.2) is 0 Å². The van der Waals surface area contributed by atoms with Crippen molar-refractivity contribution < 1.29 is 9.15 Å². The average Bonchev–Trinajstić information content (AvgIpc) is 2.38. The number of ether oxygens (including phenoxy) is 1. The monoisotopic (exact) mass is 256 g/mol. The molecule has 3 nitrogen and oxygen atoms in total. The van der Waals surface area contributed by atoms with E-state index in [0.717, 1.165) is 6.42 Å². The third kappa shape index (κ3) is 4.47. The third-order valence-electron chi connectivity index (χ3n) is 2.53. The number of hydrogen-bond acceptors (Lipinski definition) is 3. The normalized spacial score (nSPS) is 10.8. The Balaban J connectivity index is 1.81. The Morgan fingerprint density at radius 2 is 2.00 bits per heavy atom. The molecule has 0 saturated carbocycles. The molecule has 0 fully saturated rings. The molecular formula is C16H16O3. The highest BCUT2D eigenvalue weighted by Gasteiger charge is 1.98. The lowest BCUT2D eigenvalue weighted by atomic mass is 10.2. The standard InChI is InChI=1S/C16H16O3/c1-13-11-15(12-16(17)19-13)18-10-6-5-9-14-7-3-2-4-8-14/h2-5,7-9,11-12H,6,10H2,1H3/b9-5+. The Kier molecular flexibility index (Phi) is 4.56. The van der Waals surface area contributed by atoms with Crippen LogP contribution in [0.1, 0.15) is 17.7 Å². The van der Waals surface area contributed by atoms with E-state index in [-0.39, 0.29) is 5.63 Å². The second kappa shape index (κ2) is 6.59. The van der Waals surface area contributed by atoms with Crippen molar-refractivity contribution >= 4 is 6.08 Å². The van der Waals surface area contributed by atoms with Crippen molar-refractivity contribution in [2.75, 3.05) is 6.61 Å². The molecule has 1 aromatic heterocycles. The fourth-order valence-electron chi connectivity index (χ4n) is 1.69. The Hall–Kier alpha value is -2.29. The van der Waals surface area contributed by atoms with Crippen molar-refractivity contribution in [3.63, 3.8) is 0 Å². The van der Waals surface area contributed by atoms with Crippen LogP contribution in [0.25, 0.3) is 6.08 Å². The van der Waals surface area contributed by atoms with Gasteiger partial charge in [0.1, 0.15) is 11.5 Å². The van der Waals surface area contributed by atoms with Gasteiger partial charge in [-0.15, -0.1) is 0 Å². The van der Waals surface area contributed by atoms with E-state index in [0.29, 0.717) is 18.1 Å². The van der Waals surface area contributed by atoms with Crippen LogP contribution in [0.5, 0.6) is 5.75 Å². The minimum atomic E-state index is -0.380. The zero-order valence-corrected chi connectivity index (χ0v) is 10.8. The first-order valence-corrected chi connectivity index (χ1v) is 6.20. The average molecular weight is 256 g/mol. The van der Waals surface area contributed by atoms with Gasteiger partial charge in [-0.05, 0) is 18.9 Å². The second-order valence-corrected chi connectivity index (χ2v) is 4.17. The zero-order valence-electron chi connectivity index (χ0n) is 10.8. The van der Waals surface area contributed by atoms with Crippen LogP contribution in [0.15, 0.2) is 57.8 Å². The van der Waals surface area contributed by atoms with Crippen LogP contribution in [-0.4, -0.2) is 6.61 Å². The molecule has 2 rings (SSSR count). The molecule has 0 amide bonds. The zero-order chi connectivity index (χ0) is 13.5. The number of aryl methyl sites for hydroxylation is 1. The number of hydrogen-bond donors (Lipinski definition) is 0. The summed E-state index contributed by atoms with van der Waals surface area (Å²) in [6, 6.07) is 13.1. The molecule has 0 aliphatic heterocycles. The lowest BCUT2D eigenvalue weighted by molar-refractivity contribution is 0.318. The van der Waals surface area contributed by atoms with E-state index >= 15 is 0 Å². The fraction of sp³-hybridized carbons (Fsp3) is 0.188. The Morgan fingerprint density at radius 1 is 1.21 bits per heavy atom. The summed E-state index contributed by atoms with van der Waals surface area (Å²) < 4.78 is 10.3. The molecule has 0 bridgehead atoms. The predicted molar refractivity (Wildman–Crippen MR) is 75.3 cm³/mol. The SMILES string of the molecule is Cc1cc(OCC/C=C/c2ccccc2)cc(=O)o1. The summed E-state index contributed by atoms with van der Waals surface area (Å²) in [5.41, 5.74) is 0.786. The molecule has 0 atom stereocenters. The highest BCUT2D eigenvalue weighted by atomic mass is 16.5. The molecule has 0 unspecified atom stereocenters. The quantitative estimate of drug-likeness (QED) is 0.769. The van der Waals surface area contributed by atoms with Crippen LogP contribution in [0.3, 0.4) is 0 Å². The van der Waals surface area contributed by atoms with Gasteiger partial charge in [0.2, 0.25) is 0 Å². The van der Waals surface area contributed by atoms with Gasteiger partial charge in [0, 0.05) is 6.07 Å². The predicted octanol–water partition coefficient (Wildman–Crippen LogP) is 3.43. The lowest BCUT2D eigenvalue weighted by Crippen LogP contribution is -2.02. The summed E-state index contributed by atoms with van der Waals surface area (Å²) in [6.45, 7) is 2.26. The second-order valence-electron chi connectivity index (χ2n) is 4.17. The van der Waals surface area contributed by atoms with Gasteiger partial charge in [-0.2, -0.15) is 0 Å². The van der Waals surface area contributed by atoms with Gasteiger partial charge >= 0.3 is 5.63 Å². The van der Waals surface area contributed by atoms with Gasteiger partial charge in [0.25, 0.3) is 0 Å².